The van der Waals surface area contributed by atoms with Gasteiger partial charge in [0.05, 0.1) is 36.8 Å². The van der Waals surface area contributed by atoms with Gasteiger partial charge in [-0.1, -0.05) is 6.07 Å². The fourth-order valence-corrected chi connectivity index (χ4v) is 2.57. The number of hydrogen-bond donors (Lipinski definition) is 0. The summed E-state index contributed by atoms with van der Waals surface area (Å²) in [6.45, 7) is 0.251. The van der Waals surface area contributed by atoms with Crippen LogP contribution in [-0.4, -0.2) is 32.8 Å². The van der Waals surface area contributed by atoms with E-state index in [0.717, 1.165) is 0 Å². The van der Waals surface area contributed by atoms with Gasteiger partial charge >= 0.3 is 0 Å². The molecule has 7 nitrogen and oxygen atoms in total. The van der Waals surface area contributed by atoms with Crippen LogP contribution in [0.25, 0.3) is 5.69 Å². The lowest BCUT2D eigenvalue weighted by atomic mass is 10.3. The van der Waals surface area contributed by atoms with Crippen LogP contribution < -0.4 is 9.64 Å². The monoisotopic (exact) mass is 325 g/mol. The Bertz CT molecular complexity index is 922. The molecule has 0 radical (unpaired) electrons. The molecule has 0 bridgehead atoms. The maximum atomic E-state index is 13.3. The molecule has 1 amide bonds. The molecule has 3 aromatic rings. The van der Waals surface area contributed by atoms with Crippen molar-refractivity contribution in [1.82, 2.24) is 19.7 Å². The molecule has 0 saturated carbocycles. The van der Waals surface area contributed by atoms with Gasteiger partial charge in [-0.15, -0.1) is 0 Å². The minimum Gasteiger partial charge on any atom is -0.481 e. The molecular weight excluding hydrogens is 313 g/mol. The topological polar surface area (TPSA) is 73.1 Å². The van der Waals surface area contributed by atoms with E-state index >= 15 is 0 Å². The van der Waals surface area contributed by atoms with Crippen molar-refractivity contribution in [2.24, 2.45) is 0 Å². The molecule has 0 saturated heterocycles. The predicted octanol–water partition coefficient (Wildman–Crippen LogP) is 1.97. The molecule has 0 aromatic carbocycles. The van der Waals surface area contributed by atoms with Gasteiger partial charge in [0.25, 0.3) is 5.91 Å². The molecule has 0 atom stereocenters. The lowest BCUT2D eigenvalue weighted by molar-refractivity contribution is 0.0995. The zero-order valence-corrected chi connectivity index (χ0v) is 12.7. The van der Waals surface area contributed by atoms with E-state index in [1.807, 2.05) is 0 Å². The van der Waals surface area contributed by atoms with Crippen LogP contribution in [0, 0.1) is 5.95 Å². The third-order valence-electron chi connectivity index (χ3n) is 3.75. The quantitative estimate of drug-likeness (QED) is 0.688. The Hall–Kier alpha value is -3.29. The summed E-state index contributed by atoms with van der Waals surface area (Å²) in [4.78, 5) is 21.8. The first-order chi connectivity index (χ1) is 11.7. The second kappa shape index (κ2) is 5.41. The number of methoxy groups -OCH3 is 1. The molecule has 0 aliphatic carbocycles. The predicted molar refractivity (Wildman–Crippen MR) is 82.6 cm³/mol. The zero-order chi connectivity index (χ0) is 16.7. The van der Waals surface area contributed by atoms with E-state index in [1.54, 1.807) is 35.3 Å². The third kappa shape index (κ3) is 2.28. The molecular formula is C16H12FN5O2. The second-order valence-electron chi connectivity index (χ2n) is 5.20. The third-order valence-corrected chi connectivity index (χ3v) is 3.75. The van der Waals surface area contributed by atoms with E-state index in [2.05, 4.69) is 15.1 Å². The van der Waals surface area contributed by atoms with Crippen LogP contribution in [0.1, 0.15) is 16.1 Å². The minimum atomic E-state index is -0.626. The summed E-state index contributed by atoms with van der Waals surface area (Å²) in [5, 5.41) is 4.42. The van der Waals surface area contributed by atoms with Crippen LogP contribution in [0.2, 0.25) is 0 Å². The number of ether oxygens (including phenoxy) is 1. The minimum absolute atomic E-state index is 0.251. The Labute approximate surface area is 136 Å². The number of fused-ring (bicyclic) bond motifs is 1. The Kier molecular flexibility index (Phi) is 3.23. The summed E-state index contributed by atoms with van der Waals surface area (Å²) in [6, 6.07) is 7.86. The average Bonchev–Trinajstić information content (AvgIpc) is 3.15. The van der Waals surface area contributed by atoms with E-state index in [4.69, 9.17) is 4.74 Å². The molecule has 3 aromatic heterocycles. The molecule has 1 aliphatic rings. The highest BCUT2D eigenvalue weighted by molar-refractivity contribution is 6.09. The summed E-state index contributed by atoms with van der Waals surface area (Å²) >= 11 is 0. The van der Waals surface area contributed by atoms with Crippen molar-refractivity contribution >= 4 is 11.7 Å². The van der Waals surface area contributed by atoms with Crippen molar-refractivity contribution in [3.8, 4) is 11.6 Å². The van der Waals surface area contributed by atoms with Gasteiger partial charge in [-0.2, -0.15) is 9.49 Å². The van der Waals surface area contributed by atoms with Crippen molar-refractivity contribution in [3.05, 3.63) is 59.9 Å². The van der Waals surface area contributed by atoms with Gasteiger partial charge < -0.3 is 4.74 Å². The standard InChI is InChI=1S/C16H12FN5O2/c1-24-15-6-5-10(7-18-15)22-8-11-12(20-22)9-21(16(11)23)14-4-2-3-13(17)19-14/h2-8H,9H2,1H3. The molecule has 4 rings (SSSR count). The summed E-state index contributed by atoms with van der Waals surface area (Å²) in [7, 11) is 1.54. The van der Waals surface area contributed by atoms with Crippen LogP contribution in [-0.2, 0) is 6.54 Å². The van der Waals surface area contributed by atoms with E-state index in [0.29, 0.717) is 22.8 Å². The molecule has 1 aliphatic heterocycles. The summed E-state index contributed by atoms with van der Waals surface area (Å²) in [6.07, 6.45) is 3.25. The molecule has 0 spiro atoms. The molecule has 8 heteroatoms. The number of carbonyl (C=O) groups excluding carboxylic acids is 1. The van der Waals surface area contributed by atoms with Crippen LogP contribution in [0.5, 0.6) is 5.88 Å². The number of anilines is 1. The van der Waals surface area contributed by atoms with Gasteiger partial charge in [-0.3, -0.25) is 9.69 Å². The fraction of sp³-hybridized carbons (Fsp3) is 0.125. The first kappa shape index (κ1) is 14.3. The van der Waals surface area contributed by atoms with Crippen LogP contribution in [0.15, 0.2) is 42.7 Å². The second-order valence-corrected chi connectivity index (χ2v) is 5.20. The molecule has 0 N–H and O–H groups in total. The highest BCUT2D eigenvalue weighted by atomic mass is 19.1. The number of aromatic nitrogens is 4. The Morgan fingerprint density at radius 3 is 2.79 bits per heavy atom. The van der Waals surface area contributed by atoms with Crippen molar-refractivity contribution in [3.63, 3.8) is 0 Å². The highest BCUT2D eigenvalue weighted by Crippen LogP contribution is 2.27. The molecule has 24 heavy (non-hydrogen) atoms. The normalized spacial score (nSPS) is 13.2. The number of nitrogens with zero attached hydrogens (tertiary/aromatic N) is 5. The maximum Gasteiger partial charge on any atom is 0.263 e. The van der Waals surface area contributed by atoms with Gasteiger partial charge in [0, 0.05) is 12.3 Å². The number of rotatable bonds is 3. The van der Waals surface area contributed by atoms with E-state index in [1.165, 1.54) is 24.1 Å². The first-order valence-corrected chi connectivity index (χ1v) is 7.19. The number of amides is 1. The lowest BCUT2D eigenvalue weighted by Gasteiger charge is -2.14. The van der Waals surface area contributed by atoms with Crippen LogP contribution in [0.4, 0.5) is 10.2 Å². The smallest absolute Gasteiger partial charge is 0.263 e. The van der Waals surface area contributed by atoms with Crippen molar-refractivity contribution in [2.45, 2.75) is 6.54 Å². The van der Waals surface area contributed by atoms with Crippen LogP contribution in [0.3, 0.4) is 0 Å². The number of carbonyl (C=O) groups is 1. The number of hydrogen-bond acceptors (Lipinski definition) is 5. The molecule has 0 unspecified atom stereocenters. The Balaban J connectivity index is 1.63. The van der Waals surface area contributed by atoms with Crippen LogP contribution >= 0.6 is 0 Å². The Morgan fingerprint density at radius 1 is 1.25 bits per heavy atom. The summed E-state index contributed by atoms with van der Waals surface area (Å²) in [5.41, 5.74) is 1.80. The van der Waals surface area contributed by atoms with E-state index in [9.17, 15) is 9.18 Å². The zero-order valence-electron chi connectivity index (χ0n) is 12.7. The van der Waals surface area contributed by atoms with Gasteiger partial charge in [0.2, 0.25) is 11.8 Å². The number of halogens is 1. The maximum absolute atomic E-state index is 13.3. The van der Waals surface area contributed by atoms with Gasteiger partial charge in [0.15, 0.2) is 0 Å². The number of pyridine rings is 2. The lowest BCUT2D eigenvalue weighted by Crippen LogP contribution is -2.25. The molecule has 120 valence electrons. The molecule has 0 fully saturated rings. The van der Waals surface area contributed by atoms with Gasteiger partial charge in [-0.25, -0.2) is 14.6 Å². The van der Waals surface area contributed by atoms with Crippen molar-refractivity contribution < 1.29 is 13.9 Å². The van der Waals surface area contributed by atoms with E-state index in [-0.39, 0.29) is 18.3 Å². The van der Waals surface area contributed by atoms with E-state index < -0.39 is 5.95 Å². The van der Waals surface area contributed by atoms with Crippen molar-refractivity contribution in [1.29, 1.82) is 0 Å². The summed E-state index contributed by atoms with van der Waals surface area (Å²) < 4.78 is 19.9. The Morgan fingerprint density at radius 2 is 2.12 bits per heavy atom. The molecule has 4 heterocycles. The highest BCUT2D eigenvalue weighted by Gasteiger charge is 2.32. The average molecular weight is 325 g/mol. The van der Waals surface area contributed by atoms with Gasteiger partial charge in [0.1, 0.15) is 5.82 Å². The van der Waals surface area contributed by atoms with Crippen molar-refractivity contribution in [2.75, 3.05) is 12.0 Å². The first-order valence-electron chi connectivity index (χ1n) is 7.19. The largest absolute Gasteiger partial charge is 0.481 e. The SMILES string of the molecule is COc1ccc(-n2cc3c(n2)CN(c2cccc(F)n2)C3=O)cn1. The fourth-order valence-electron chi connectivity index (χ4n) is 2.57. The van der Waals surface area contributed by atoms with Gasteiger partial charge in [-0.05, 0) is 18.2 Å². The summed E-state index contributed by atoms with van der Waals surface area (Å²) in [5.74, 6) is -0.108.